The number of amides is 1. The number of carbonyl (C=O) groups excluding carboxylic acids is 1. The average Bonchev–Trinajstić information content (AvgIpc) is 3.34. The van der Waals surface area contributed by atoms with Crippen molar-refractivity contribution in [3.8, 4) is 11.4 Å². The number of nitrogens with one attached hydrogen (secondary N) is 1. The highest BCUT2D eigenvalue weighted by Gasteiger charge is 2.21. The molecule has 144 valence electrons. The number of hydrogen-bond donors (Lipinski definition) is 1. The molecule has 3 aromatic rings. The van der Waals surface area contributed by atoms with Crippen molar-refractivity contribution in [3.63, 3.8) is 0 Å². The zero-order chi connectivity index (χ0) is 19.5. The number of anilines is 1. The standard InChI is InChI=1S/C22H24N4OS/c1-3-26-20(17-8-5-4-6-9-17)24-25-22(26)28-15(2)21(27)23-19-13-12-16-10-7-11-18(16)14-19/h4-6,8-9,12-15H,3,7,10-11H2,1-2H3,(H,23,27)/t15-/m0/s1. The maximum Gasteiger partial charge on any atom is 0.237 e. The molecule has 0 bridgehead atoms. The fraction of sp³-hybridized carbons (Fsp3) is 0.318. The van der Waals surface area contributed by atoms with E-state index in [1.165, 1.54) is 29.3 Å². The summed E-state index contributed by atoms with van der Waals surface area (Å²) in [6, 6.07) is 16.3. The second-order valence-electron chi connectivity index (χ2n) is 7.00. The lowest BCUT2D eigenvalue weighted by atomic mass is 10.1. The zero-order valence-corrected chi connectivity index (χ0v) is 17.0. The van der Waals surface area contributed by atoms with Crippen LogP contribution in [0.3, 0.4) is 0 Å². The third-order valence-corrected chi connectivity index (χ3v) is 6.16. The Morgan fingerprint density at radius 2 is 1.93 bits per heavy atom. The second kappa shape index (κ2) is 8.19. The van der Waals surface area contributed by atoms with Gasteiger partial charge in [0.1, 0.15) is 0 Å². The van der Waals surface area contributed by atoms with Gasteiger partial charge in [-0.3, -0.25) is 4.79 Å². The molecule has 0 unspecified atom stereocenters. The number of nitrogens with zero attached hydrogens (tertiary/aromatic N) is 3. The van der Waals surface area contributed by atoms with Gasteiger partial charge in [-0.05, 0) is 56.4 Å². The van der Waals surface area contributed by atoms with E-state index in [4.69, 9.17) is 0 Å². The zero-order valence-electron chi connectivity index (χ0n) is 16.2. The summed E-state index contributed by atoms with van der Waals surface area (Å²) in [6.45, 7) is 4.72. The summed E-state index contributed by atoms with van der Waals surface area (Å²) >= 11 is 1.44. The molecule has 1 aliphatic rings. The molecule has 0 saturated carbocycles. The molecule has 0 radical (unpaired) electrons. The Labute approximate surface area is 169 Å². The Bertz CT molecular complexity index is 983. The fourth-order valence-corrected chi connectivity index (χ4v) is 4.48. The van der Waals surface area contributed by atoms with Crippen LogP contribution in [0.2, 0.25) is 0 Å². The van der Waals surface area contributed by atoms with Crippen LogP contribution in [0.15, 0.2) is 53.7 Å². The summed E-state index contributed by atoms with van der Waals surface area (Å²) in [5, 5.41) is 12.2. The molecule has 2 aromatic carbocycles. The van der Waals surface area contributed by atoms with E-state index in [2.05, 4.69) is 39.1 Å². The van der Waals surface area contributed by atoms with Gasteiger partial charge < -0.3 is 9.88 Å². The van der Waals surface area contributed by atoms with E-state index in [-0.39, 0.29) is 11.2 Å². The molecule has 0 saturated heterocycles. The number of benzene rings is 2. The van der Waals surface area contributed by atoms with Gasteiger partial charge in [0.2, 0.25) is 5.91 Å². The topological polar surface area (TPSA) is 59.8 Å². The van der Waals surface area contributed by atoms with Crippen LogP contribution in [0, 0.1) is 0 Å². The first kappa shape index (κ1) is 18.7. The van der Waals surface area contributed by atoms with Crippen LogP contribution in [0.1, 0.15) is 31.4 Å². The predicted molar refractivity (Wildman–Crippen MR) is 114 cm³/mol. The molecule has 1 N–H and O–H groups in total. The lowest BCUT2D eigenvalue weighted by Gasteiger charge is -2.13. The minimum absolute atomic E-state index is 0.0186. The van der Waals surface area contributed by atoms with Crippen LogP contribution in [-0.2, 0) is 24.2 Å². The monoisotopic (exact) mass is 392 g/mol. The van der Waals surface area contributed by atoms with Gasteiger partial charge >= 0.3 is 0 Å². The van der Waals surface area contributed by atoms with Crippen molar-refractivity contribution in [2.24, 2.45) is 0 Å². The third-order valence-electron chi connectivity index (χ3n) is 5.08. The number of carbonyl (C=O) groups is 1. The molecular formula is C22H24N4OS. The second-order valence-corrected chi connectivity index (χ2v) is 8.31. The highest BCUT2D eigenvalue weighted by molar-refractivity contribution is 8.00. The highest BCUT2D eigenvalue weighted by atomic mass is 32.2. The number of aryl methyl sites for hydroxylation is 2. The normalized spacial score (nSPS) is 13.9. The molecule has 1 aliphatic carbocycles. The first-order chi connectivity index (χ1) is 13.7. The lowest BCUT2D eigenvalue weighted by molar-refractivity contribution is -0.115. The Morgan fingerprint density at radius 1 is 1.14 bits per heavy atom. The molecule has 28 heavy (non-hydrogen) atoms. The Morgan fingerprint density at radius 3 is 2.71 bits per heavy atom. The molecule has 5 nitrogen and oxygen atoms in total. The van der Waals surface area contributed by atoms with Crippen LogP contribution < -0.4 is 5.32 Å². The minimum Gasteiger partial charge on any atom is -0.325 e. The maximum absolute atomic E-state index is 12.7. The van der Waals surface area contributed by atoms with Gasteiger partial charge in [-0.2, -0.15) is 0 Å². The number of rotatable bonds is 6. The smallest absolute Gasteiger partial charge is 0.237 e. The summed E-state index contributed by atoms with van der Waals surface area (Å²) in [4.78, 5) is 12.7. The summed E-state index contributed by atoms with van der Waals surface area (Å²) < 4.78 is 2.05. The largest absolute Gasteiger partial charge is 0.325 e. The SMILES string of the molecule is CCn1c(S[C@@H](C)C(=O)Nc2ccc3c(c2)CCC3)nnc1-c1ccccc1. The Hall–Kier alpha value is -2.60. The first-order valence-corrected chi connectivity index (χ1v) is 10.6. The highest BCUT2D eigenvalue weighted by Crippen LogP contribution is 2.28. The summed E-state index contributed by atoms with van der Waals surface area (Å²) in [5.74, 6) is 0.812. The molecule has 0 aliphatic heterocycles. The Kier molecular flexibility index (Phi) is 5.48. The van der Waals surface area contributed by atoms with Crippen LogP contribution in [-0.4, -0.2) is 25.9 Å². The molecule has 1 amide bonds. The van der Waals surface area contributed by atoms with Crippen molar-refractivity contribution in [3.05, 3.63) is 59.7 Å². The van der Waals surface area contributed by atoms with E-state index >= 15 is 0 Å². The molecule has 6 heteroatoms. The summed E-state index contributed by atoms with van der Waals surface area (Å²) in [5.41, 5.74) is 4.67. The first-order valence-electron chi connectivity index (χ1n) is 9.73. The number of thioether (sulfide) groups is 1. The fourth-order valence-electron chi connectivity index (χ4n) is 3.57. The van der Waals surface area contributed by atoms with E-state index in [1.54, 1.807) is 0 Å². The van der Waals surface area contributed by atoms with Crippen molar-refractivity contribution >= 4 is 23.4 Å². The van der Waals surface area contributed by atoms with Crippen LogP contribution in [0.25, 0.3) is 11.4 Å². The number of aromatic nitrogens is 3. The lowest BCUT2D eigenvalue weighted by Crippen LogP contribution is -2.23. The summed E-state index contributed by atoms with van der Waals surface area (Å²) in [7, 11) is 0. The molecule has 1 heterocycles. The van der Waals surface area contributed by atoms with Gasteiger partial charge in [-0.1, -0.05) is 48.2 Å². The van der Waals surface area contributed by atoms with Gasteiger partial charge in [0.15, 0.2) is 11.0 Å². The van der Waals surface area contributed by atoms with Crippen LogP contribution in [0.5, 0.6) is 0 Å². The van der Waals surface area contributed by atoms with Crippen molar-refractivity contribution in [1.82, 2.24) is 14.8 Å². The molecule has 4 rings (SSSR count). The van der Waals surface area contributed by atoms with Gasteiger partial charge in [0, 0.05) is 17.8 Å². The van der Waals surface area contributed by atoms with Gasteiger partial charge in [0.05, 0.1) is 5.25 Å². The maximum atomic E-state index is 12.7. The van der Waals surface area contributed by atoms with Gasteiger partial charge in [-0.25, -0.2) is 0 Å². The average molecular weight is 393 g/mol. The quantitative estimate of drug-likeness (QED) is 0.624. The molecule has 1 aromatic heterocycles. The molecular weight excluding hydrogens is 368 g/mol. The van der Waals surface area contributed by atoms with Crippen molar-refractivity contribution in [2.75, 3.05) is 5.32 Å². The van der Waals surface area contributed by atoms with Crippen LogP contribution in [0.4, 0.5) is 5.69 Å². The van der Waals surface area contributed by atoms with Crippen molar-refractivity contribution in [1.29, 1.82) is 0 Å². The summed E-state index contributed by atoms with van der Waals surface area (Å²) in [6.07, 6.45) is 3.45. The van der Waals surface area contributed by atoms with E-state index in [9.17, 15) is 4.79 Å². The molecule has 0 fully saturated rings. The Balaban J connectivity index is 1.46. The van der Waals surface area contributed by atoms with Crippen molar-refractivity contribution < 1.29 is 4.79 Å². The van der Waals surface area contributed by atoms with Crippen LogP contribution >= 0.6 is 11.8 Å². The number of fused-ring (bicyclic) bond motifs is 1. The van der Waals surface area contributed by atoms with Gasteiger partial charge in [-0.15, -0.1) is 10.2 Å². The van der Waals surface area contributed by atoms with Gasteiger partial charge in [0.25, 0.3) is 0 Å². The number of hydrogen-bond acceptors (Lipinski definition) is 4. The molecule has 0 spiro atoms. The minimum atomic E-state index is -0.272. The van der Waals surface area contributed by atoms with E-state index in [0.29, 0.717) is 0 Å². The van der Waals surface area contributed by atoms with Crippen molar-refractivity contribution in [2.45, 2.75) is 50.1 Å². The third kappa shape index (κ3) is 3.83. The van der Waals surface area contributed by atoms with E-state index in [1.807, 2.05) is 43.3 Å². The van der Waals surface area contributed by atoms with E-state index < -0.39 is 0 Å². The predicted octanol–water partition coefficient (Wildman–Crippen LogP) is 4.57. The molecule has 1 atom stereocenters. The van der Waals surface area contributed by atoms with E-state index in [0.717, 1.165) is 41.6 Å².